The molecule has 0 aromatic heterocycles. The van der Waals surface area contributed by atoms with Crippen LogP contribution in [0.5, 0.6) is 5.75 Å². The van der Waals surface area contributed by atoms with Crippen LogP contribution in [0, 0.1) is 5.92 Å². The Bertz CT molecular complexity index is 468. The number of ether oxygens (including phenoxy) is 1. The van der Waals surface area contributed by atoms with Crippen molar-refractivity contribution in [1.82, 2.24) is 4.90 Å². The maximum Gasteiger partial charge on any atom is 0.314 e. The summed E-state index contributed by atoms with van der Waals surface area (Å²) in [6, 6.07) is 8.10. The molecule has 1 heterocycles. The Kier molecular flexibility index (Phi) is 5.31. The number of piperidine rings is 1. The van der Waals surface area contributed by atoms with Gasteiger partial charge in [0.1, 0.15) is 5.75 Å². The molecule has 5 heteroatoms. The van der Waals surface area contributed by atoms with Gasteiger partial charge in [0, 0.05) is 30.9 Å². The third-order valence-corrected chi connectivity index (χ3v) is 3.59. The van der Waals surface area contributed by atoms with Crippen molar-refractivity contribution in [1.29, 1.82) is 0 Å². The molecule has 2 rings (SSSR count). The van der Waals surface area contributed by atoms with Crippen LogP contribution >= 0.6 is 0 Å². The van der Waals surface area contributed by atoms with E-state index >= 15 is 0 Å². The summed E-state index contributed by atoms with van der Waals surface area (Å²) in [6.45, 7) is 6.43. The van der Waals surface area contributed by atoms with E-state index in [2.05, 4.69) is 19.2 Å². The van der Waals surface area contributed by atoms with E-state index in [0.29, 0.717) is 12.0 Å². The maximum atomic E-state index is 11.1. The molecule has 1 saturated heterocycles. The summed E-state index contributed by atoms with van der Waals surface area (Å²) in [6.07, 6.45) is 1.83. The molecular formula is C16H25N3O2. The minimum atomic E-state index is -0.322. The Morgan fingerprint density at radius 1 is 1.43 bits per heavy atom. The SMILES string of the molecule is CC(C)COc1cccc(NC2CCN(C(N)=O)CC2)c1. The number of hydrogen-bond donors (Lipinski definition) is 2. The molecule has 0 radical (unpaired) electrons. The Hall–Kier alpha value is -1.91. The summed E-state index contributed by atoms with van der Waals surface area (Å²) in [5, 5.41) is 3.51. The second-order valence-electron chi connectivity index (χ2n) is 5.98. The highest BCUT2D eigenvalue weighted by atomic mass is 16.5. The summed E-state index contributed by atoms with van der Waals surface area (Å²) < 4.78 is 5.74. The lowest BCUT2D eigenvalue weighted by molar-refractivity contribution is 0.193. The van der Waals surface area contributed by atoms with Crippen LogP contribution in [0.2, 0.25) is 0 Å². The van der Waals surface area contributed by atoms with Gasteiger partial charge in [-0.15, -0.1) is 0 Å². The van der Waals surface area contributed by atoms with Crippen LogP contribution in [0.4, 0.5) is 10.5 Å². The minimum Gasteiger partial charge on any atom is -0.493 e. The third-order valence-electron chi connectivity index (χ3n) is 3.59. The molecule has 0 spiro atoms. The van der Waals surface area contributed by atoms with E-state index in [9.17, 15) is 4.79 Å². The van der Waals surface area contributed by atoms with Crippen LogP contribution in [0.25, 0.3) is 0 Å². The third kappa shape index (κ3) is 4.85. The lowest BCUT2D eigenvalue weighted by atomic mass is 10.0. The molecular weight excluding hydrogens is 266 g/mol. The van der Waals surface area contributed by atoms with Gasteiger partial charge in [0.2, 0.25) is 0 Å². The number of likely N-dealkylation sites (tertiary alicyclic amines) is 1. The molecule has 0 bridgehead atoms. The Morgan fingerprint density at radius 3 is 2.76 bits per heavy atom. The van der Waals surface area contributed by atoms with E-state index in [1.807, 2.05) is 24.3 Å². The standard InChI is InChI=1S/C16H25N3O2/c1-12(2)11-21-15-5-3-4-14(10-15)18-13-6-8-19(9-7-13)16(17)20/h3-5,10,12-13,18H,6-9,11H2,1-2H3,(H2,17,20). The molecule has 116 valence electrons. The summed E-state index contributed by atoms with van der Waals surface area (Å²) in [5.74, 6) is 1.41. The van der Waals surface area contributed by atoms with Gasteiger partial charge in [-0.05, 0) is 30.9 Å². The van der Waals surface area contributed by atoms with Gasteiger partial charge in [-0.3, -0.25) is 0 Å². The summed E-state index contributed by atoms with van der Waals surface area (Å²) in [5.41, 5.74) is 6.36. The molecule has 0 unspecified atom stereocenters. The molecule has 0 aliphatic carbocycles. The van der Waals surface area contributed by atoms with Gasteiger partial charge < -0.3 is 20.7 Å². The second-order valence-corrected chi connectivity index (χ2v) is 5.98. The first-order valence-electron chi connectivity index (χ1n) is 7.58. The molecule has 1 aromatic rings. The molecule has 1 aliphatic heterocycles. The van der Waals surface area contributed by atoms with Crippen molar-refractivity contribution in [2.75, 3.05) is 25.0 Å². The van der Waals surface area contributed by atoms with Crippen molar-refractivity contribution < 1.29 is 9.53 Å². The summed E-state index contributed by atoms with van der Waals surface area (Å²) >= 11 is 0. The lowest BCUT2D eigenvalue weighted by Gasteiger charge is -2.31. The number of rotatable bonds is 5. The summed E-state index contributed by atoms with van der Waals surface area (Å²) in [7, 11) is 0. The fourth-order valence-corrected chi connectivity index (χ4v) is 2.42. The number of nitrogens with one attached hydrogen (secondary N) is 1. The Labute approximate surface area is 126 Å². The van der Waals surface area contributed by atoms with Gasteiger partial charge >= 0.3 is 6.03 Å². The van der Waals surface area contributed by atoms with Gasteiger partial charge in [-0.25, -0.2) is 4.79 Å². The minimum absolute atomic E-state index is 0.322. The van der Waals surface area contributed by atoms with Crippen LogP contribution in [0.3, 0.4) is 0 Å². The number of anilines is 1. The smallest absolute Gasteiger partial charge is 0.314 e. The van der Waals surface area contributed by atoms with Gasteiger partial charge in [-0.1, -0.05) is 19.9 Å². The van der Waals surface area contributed by atoms with Crippen molar-refractivity contribution in [2.24, 2.45) is 11.7 Å². The van der Waals surface area contributed by atoms with Crippen LogP contribution in [-0.4, -0.2) is 36.7 Å². The van der Waals surface area contributed by atoms with Crippen LogP contribution in [0.15, 0.2) is 24.3 Å². The van der Waals surface area contributed by atoms with E-state index in [1.54, 1.807) is 4.90 Å². The van der Waals surface area contributed by atoms with Crippen LogP contribution < -0.4 is 15.8 Å². The molecule has 5 nitrogen and oxygen atoms in total. The fourth-order valence-electron chi connectivity index (χ4n) is 2.42. The molecule has 2 amide bonds. The van der Waals surface area contributed by atoms with Crippen LogP contribution in [0.1, 0.15) is 26.7 Å². The number of nitrogens with zero attached hydrogens (tertiary/aromatic N) is 1. The van der Waals surface area contributed by atoms with Crippen molar-refractivity contribution in [3.63, 3.8) is 0 Å². The molecule has 1 aromatic carbocycles. The number of nitrogens with two attached hydrogens (primary N) is 1. The number of primary amides is 1. The molecule has 1 fully saturated rings. The van der Waals surface area contributed by atoms with Crippen molar-refractivity contribution in [3.8, 4) is 5.75 Å². The first-order chi connectivity index (χ1) is 10.0. The predicted octanol–water partition coefficient (Wildman–Crippen LogP) is 2.68. The monoisotopic (exact) mass is 291 g/mol. The van der Waals surface area contributed by atoms with E-state index in [-0.39, 0.29) is 6.03 Å². The zero-order chi connectivity index (χ0) is 15.2. The van der Waals surface area contributed by atoms with Crippen molar-refractivity contribution >= 4 is 11.7 Å². The van der Waals surface area contributed by atoms with Crippen LogP contribution in [-0.2, 0) is 0 Å². The number of benzene rings is 1. The number of carbonyl (C=O) groups excluding carboxylic acids is 1. The molecule has 3 N–H and O–H groups in total. The highest BCUT2D eigenvalue weighted by Crippen LogP contribution is 2.21. The highest BCUT2D eigenvalue weighted by molar-refractivity contribution is 5.72. The van der Waals surface area contributed by atoms with Crippen molar-refractivity contribution in [3.05, 3.63) is 24.3 Å². The molecule has 1 aliphatic rings. The topological polar surface area (TPSA) is 67.6 Å². The zero-order valence-corrected chi connectivity index (χ0v) is 12.8. The van der Waals surface area contributed by atoms with Crippen molar-refractivity contribution in [2.45, 2.75) is 32.7 Å². The van der Waals surface area contributed by atoms with E-state index < -0.39 is 0 Å². The second kappa shape index (κ2) is 7.20. The quantitative estimate of drug-likeness (QED) is 0.876. The Balaban J connectivity index is 1.86. The molecule has 0 saturated carbocycles. The van der Waals surface area contributed by atoms with Gasteiger partial charge in [0.05, 0.1) is 6.61 Å². The average molecular weight is 291 g/mol. The van der Waals surface area contributed by atoms with E-state index in [1.165, 1.54) is 0 Å². The zero-order valence-electron chi connectivity index (χ0n) is 12.8. The number of hydrogen-bond acceptors (Lipinski definition) is 3. The molecule has 21 heavy (non-hydrogen) atoms. The largest absolute Gasteiger partial charge is 0.493 e. The van der Waals surface area contributed by atoms with E-state index in [0.717, 1.165) is 44.0 Å². The first-order valence-corrected chi connectivity index (χ1v) is 7.58. The highest BCUT2D eigenvalue weighted by Gasteiger charge is 2.20. The number of urea groups is 1. The Morgan fingerprint density at radius 2 is 2.14 bits per heavy atom. The predicted molar refractivity (Wildman–Crippen MR) is 84.6 cm³/mol. The van der Waals surface area contributed by atoms with Gasteiger partial charge in [-0.2, -0.15) is 0 Å². The first kappa shape index (κ1) is 15.5. The van der Waals surface area contributed by atoms with Gasteiger partial charge in [0.15, 0.2) is 0 Å². The maximum absolute atomic E-state index is 11.1. The van der Waals surface area contributed by atoms with E-state index in [4.69, 9.17) is 10.5 Å². The normalized spacial score (nSPS) is 16.0. The fraction of sp³-hybridized carbons (Fsp3) is 0.562. The van der Waals surface area contributed by atoms with Gasteiger partial charge in [0.25, 0.3) is 0 Å². The number of carbonyl (C=O) groups is 1. The number of amides is 2. The molecule has 0 atom stereocenters. The average Bonchev–Trinajstić information content (AvgIpc) is 2.46. The summed E-state index contributed by atoms with van der Waals surface area (Å²) in [4.78, 5) is 12.8. The lowest BCUT2D eigenvalue weighted by Crippen LogP contribution is -2.44.